The maximum Gasteiger partial charge on any atom is 0.258 e. The molecule has 0 atom stereocenters. The molecule has 0 bridgehead atoms. The van der Waals surface area contributed by atoms with E-state index in [0.29, 0.717) is 11.7 Å². The van der Waals surface area contributed by atoms with E-state index < -0.39 is 15.8 Å². The van der Waals surface area contributed by atoms with Crippen LogP contribution in [0.1, 0.15) is 5.82 Å². The predicted molar refractivity (Wildman–Crippen MR) is 82.8 cm³/mol. The van der Waals surface area contributed by atoms with E-state index in [9.17, 15) is 12.8 Å². The summed E-state index contributed by atoms with van der Waals surface area (Å²) < 4.78 is 44.5. The fourth-order valence-electron chi connectivity index (χ4n) is 1.96. The van der Waals surface area contributed by atoms with E-state index in [2.05, 4.69) is 19.8 Å². The van der Waals surface area contributed by atoms with Crippen LogP contribution in [0, 0.1) is 5.82 Å². The molecule has 0 aliphatic carbocycles. The van der Waals surface area contributed by atoms with Crippen LogP contribution in [0.25, 0.3) is 11.5 Å². The summed E-state index contributed by atoms with van der Waals surface area (Å²) in [7, 11) is -3.70. The van der Waals surface area contributed by atoms with Crippen molar-refractivity contribution in [2.75, 3.05) is 6.54 Å². The van der Waals surface area contributed by atoms with Crippen LogP contribution in [0.4, 0.5) is 4.39 Å². The third-order valence-electron chi connectivity index (χ3n) is 3.16. The van der Waals surface area contributed by atoms with Gasteiger partial charge in [0.1, 0.15) is 5.82 Å². The van der Waals surface area contributed by atoms with Crippen molar-refractivity contribution in [2.45, 2.75) is 11.3 Å². The maximum atomic E-state index is 12.8. The number of hydrogen-bond acceptors (Lipinski definition) is 6. The third-order valence-corrected chi connectivity index (χ3v) is 4.64. The number of rotatable bonds is 6. The summed E-state index contributed by atoms with van der Waals surface area (Å²) in [5, 5.41) is 3.81. The van der Waals surface area contributed by atoms with Crippen molar-refractivity contribution in [3.8, 4) is 11.5 Å². The van der Waals surface area contributed by atoms with E-state index in [1.165, 1.54) is 12.1 Å². The maximum absolute atomic E-state index is 12.8. The first-order valence-corrected chi connectivity index (χ1v) is 8.51. The standard InChI is InChI=1S/C15H13FN4O3S/c16-12-1-3-13(4-2-12)24(21,22)18-10-7-14-19-15(23-20-14)11-5-8-17-9-6-11/h1-6,8-9,18H,7,10H2. The van der Waals surface area contributed by atoms with E-state index in [1.807, 2.05) is 0 Å². The average Bonchev–Trinajstić information content (AvgIpc) is 3.05. The van der Waals surface area contributed by atoms with Crippen molar-refractivity contribution in [2.24, 2.45) is 0 Å². The lowest BCUT2D eigenvalue weighted by Crippen LogP contribution is -2.26. The van der Waals surface area contributed by atoms with Gasteiger partial charge in [0.15, 0.2) is 5.82 Å². The molecule has 3 aromatic rings. The largest absolute Gasteiger partial charge is 0.334 e. The van der Waals surface area contributed by atoms with E-state index in [1.54, 1.807) is 24.5 Å². The average molecular weight is 348 g/mol. The molecule has 0 fully saturated rings. The minimum absolute atomic E-state index is 0.00511. The molecule has 9 heteroatoms. The fourth-order valence-corrected chi connectivity index (χ4v) is 2.99. The minimum Gasteiger partial charge on any atom is -0.334 e. The Balaban J connectivity index is 1.60. The second-order valence-electron chi connectivity index (χ2n) is 4.85. The Bertz CT molecular complexity index is 911. The Morgan fingerprint density at radius 2 is 1.79 bits per heavy atom. The summed E-state index contributed by atoms with van der Waals surface area (Å²) in [6, 6.07) is 8.05. The van der Waals surface area contributed by atoms with E-state index in [-0.39, 0.29) is 17.9 Å². The zero-order valence-corrected chi connectivity index (χ0v) is 13.2. The van der Waals surface area contributed by atoms with Gasteiger partial charge < -0.3 is 4.52 Å². The normalized spacial score (nSPS) is 11.5. The molecule has 3 rings (SSSR count). The third kappa shape index (κ3) is 3.81. The molecule has 0 spiro atoms. The molecule has 1 aromatic carbocycles. The molecule has 7 nitrogen and oxygen atoms in total. The van der Waals surface area contributed by atoms with Crippen LogP contribution in [0.15, 0.2) is 58.2 Å². The number of halogens is 1. The van der Waals surface area contributed by atoms with Gasteiger partial charge in [0, 0.05) is 30.9 Å². The quantitative estimate of drug-likeness (QED) is 0.729. The number of nitrogens with zero attached hydrogens (tertiary/aromatic N) is 3. The monoisotopic (exact) mass is 348 g/mol. The molecule has 0 aliphatic rings. The van der Waals surface area contributed by atoms with Gasteiger partial charge in [0.05, 0.1) is 4.90 Å². The first kappa shape index (κ1) is 16.2. The topological polar surface area (TPSA) is 98.0 Å². The molecular weight excluding hydrogens is 335 g/mol. The fraction of sp³-hybridized carbons (Fsp3) is 0.133. The highest BCUT2D eigenvalue weighted by Gasteiger charge is 2.14. The van der Waals surface area contributed by atoms with Crippen molar-refractivity contribution in [1.82, 2.24) is 19.8 Å². The van der Waals surface area contributed by atoms with Gasteiger partial charge in [-0.2, -0.15) is 4.98 Å². The lowest BCUT2D eigenvalue weighted by molar-refractivity contribution is 0.422. The van der Waals surface area contributed by atoms with Crippen molar-refractivity contribution >= 4 is 10.0 Å². The Morgan fingerprint density at radius 3 is 2.50 bits per heavy atom. The zero-order chi connectivity index (χ0) is 17.0. The van der Waals surface area contributed by atoms with E-state index in [0.717, 1.165) is 17.7 Å². The molecule has 0 saturated heterocycles. The SMILES string of the molecule is O=S(=O)(NCCc1noc(-c2ccncc2)n1)c1ccc(F)cc1. The van der Waals surface area contributed by atoms with Gasteiger partial charge in [-0.25, -0.2) is 17.5 Å². The number of benzene rings is 1. The zero-order valence-electron chi connectivity index (χ0n) is 12.4. The van der Waals surface area contributed by atoms with Crippen LogP contribution >= 0.6 is 0 Å². The van der Waals surface area contributed by atoms with Gasteiger partial charge in [0.2, 0.25) is 10.0 Å². The smallest absolute Gasteiger partial charge is 0.258 e. The molecule has 0 aliphatic heterocycles. The van der Waals surface area contributed by atoms with Gasteiger partial charge in [0.25, 0.3) is 5.89 Å². The Hall–Kier alpha value is -2.65. The summed E-state index contributed by atoms with van der Waals surface area (Å²) in [6.07, 6.45) is 3.47. The molecule has 0 amide bonds. The first-order chi connectivity index (χ1) is 11.5. The van der Waals surface area contributed by atoms with Gasteiger partial charge in [-0.15, -0.1) is 0 Å². The van der Waals surface area contributed by atoms with Gasteiger partial charge in [-0.3, -0.25) is 4.98 Å². The Kier molecular flexibility index (Phi) is 4.63. The van der Waals surface area contributed by atoms with Crippen LogP contribution in [0.2, 0.25) is 0 Å². The van der Waals surface area contributed by atoms with Gasteiger partial charge in [-0.05, 0) is 36.4 Å². The van der Waals surface area contributed by atoms with Crippen LogP contribution in [0.3, 0.4) is 0 Å². The molecule has 0 radical (unpaired) electrons. The second-order valence-corrected chi connectivity index (χ2v) is 6.62. The summed E-state index contributed by atoms with van der Waals surface area (Å²) in [4.78, 5) is 8.09. The van der Waals surface area contributed by atoms with E-state index in [4.69, 9.17) is 4.52 Å². The molecule has 2 heterocycles. The van der Waals surface area contributed by atoms with Crippen molar-refractivity contribution in [1.29, 1.82) is 0 Å². The number of aromatic nitrogens is 3. The highest BCUT2D eigenvalue weighted by atomic mass is 32.2. The van der Waals surface area contributed by atoms with Crippen molar-refractivity contribution < 1.29 is 17.3 Å². The van der Waals surface area contributed by atoms with Crippen LogP contribution in [-0.2, 0) is 16.4 Å². The number of pyridine rings is 1. The highest BCUT2D eigenvalue weighted by Crippen LogP contribution is 2.15. The summed E-state index contributed by atoms with van der Waals surface area (Å²) in [6.45, 7) is 0.0923. The molecule has 2 aromatic heterocycles. The summed E-state index contributed by atoms with van der Waals surface area (Å²) in [5.74, 6) is 0.224. The number of sulfonamides is 1. The van der Waals surface area contributed by atoms with Crippen LogP contribution in [0.5, 0.6) is 0 Å². The van der Waals surface area contributed by atoms with Crippen LogP contribution in [-0.4, -0.2) is 30.1 Å². The minimum atomic E-state index is -3.70. The molecule has 0 saturated carbocycles. The first-order valence-electron chi connectivity index (χ1n) is 7.03. The number of nitrogens with one attached hydrogen (secondary N) is 1. The highest BCUT2D eigenvalue weighted by molar-refractivity contribution is 7.89. The summed E-state index contributed by atoms with van der Waals surface area (Å²) in [5.41, 5.74) is 0.732. The molecular formula is C15H13FN4O3S. The second kappa shape index (κ2) is 6.85. The lowest BCUT2D eigenvalue weighted by atomic mass is 10.3. The predicted octanol–water partition coefficient (Wildman–Crippen LogP) is 1.79. The molecule has 1 N–H and O–H groups in total. The van der Waals surface area contributed by atoms with Crippen molar-refractivity contribution in [3.63, 3.8) is 0 Å². The Labute approximate surface area is 137 Å². The molecule has 24 heavy (non-hydrogen) atoms. The van der Waals surface area contributed by atoms with E-state index >= 15 is 0 Å². The molecule has 0 unspecified atom stereocenters. The number of hydrogen-bond donors (Lipinski definition) is 1. The Morgan fingerprint density at radius 1 is 1.08 bits per heavy atom. The summed E-state index contributed by atoms with van der Waals surface area (Å²) >= 11 is 0. The molecule has 124 valence electrons. The van der Waals surface area contributed by atoms with Crippen molar-refractivity contribution in [3.05, 3.63) is 60.4 Å². The van der Waals surface area contributed by atoms with Gasteiger partial charge in [-0.1, -0.05) is 5.16 Å². The van der Waals surface area contributed by atoms with Gasteiger partial charge >= 0.3 is 0 Å². The lowest BCUT2D eigenvalue weighted by Gasteiger charge is -2.05. The van der Waals surface area contributed by atoms with Crippen LogP contribution < -0.4 is 4.72 Å².